The fourth-order valence-corrected chi connectivity index (χ4v) is 4.34. The van der Waals surface area contributed by atoms with Crippen LogP contribution in [0.5, 0.6) is 0 Å². The average molecular weight is 433 g/mol. The van der Waals surface area contributed by atoms with Crippen molar-refractivity contribution in [1.82, 2.24) is 28.6 Å². The van der Waals surface area contributed by atoms with E-state index in [1.807, 2.05) is 28.7 Å². The highest BCUT2D eigenvalue weighted by atomic mass is 32.1. The number of aromatic nitrogens is 5. The summed E-state index contributed by atoms with van der Waals surface area (Å²) in [4.78, 5) is 21.5. The third-order valence-corrected chi connectivity index (χ3v) is 6.11. The maximum atomic E-state index is 12.7. The Bertz CT molecular complexity index is 1450. The van der Waals surface area contributed by atoms with Crippen molar-refractivity contribution in [2.24, 2.45) is 7.05 Å². The van der Waals surface area contributed by atoms with Gasteiger partial charge in [-0.25, -0.2) is 9.67 Å². The van der Waals surface area contributed by atoms with Crippen molar-refractivity contribution in [3.8, 4) is 6.07 Å². The van der Waals surface area contributed by atoms with Crippen molar-refractivity contribution in [2.45, 2.75) is 6.67 Å². The normalized spacial score (nSPS) is 14.9. The molecule has 3 aromatic heterocycles. The van der Waals surface area contributed by atoms with Gasteiger partial charge in [0.05, 0.1) is 23.1 Å². The molecule has 1 aromatic carbocycles. The molecule has 0 unspecified atom stereocenters. The first kappa shape index (κ1) is 19.4. The molecular weight excluding hydrogens is 412 g/mol. The minimum Gasteiger partial charge on any atom is -0.353 e. The van der Waals surface area contributed by atoms with Crippen molar-refractivity contribution in [2.75, 3.05) is 31.1 Å². The van der Waals surface area contributed by atoms with E-state index < -0.39 is 0 Å². The summed E-state index contributed by atoms with van der Waals surface area (Å²) in [5.74, 6) is 1.26. The summed E-state index contributed by atoms with van der Waals surface area (Å²) in [6.07, 6.45) is 1.72. The van der Waals surface area contributed by atoms with E-state index in [0.29, 0.717) is 28.2 Å². The highest BCUT2D eigenvalue weighted by Crippen LogP contribution is 2.19. The van der Waals surface area contributed by atoms with Crippen LogP contribution in [0.25, 0.3) is 16.7 Å². The Labute approximate surface area is 183 Å². The number of nitrogens with zero attached hydrogens (tertiary/aromatic N) is 8. The summed E-state index contributed by atoms with van der Waals surface area (Å²) in [5.41, 5.74) is 1.26. The lowest BCUT2D eigenvalue weighted by Gasteiger charge is -2.35. The lowest BCUT2D eigenvalue weighted by molar-refractivity contribution is 0.194. The molecule has 1 saturated heterocycles. The van der Waals surface area contributed by atoms with Crippen LogP contribution in [-0.2, 0) is 13.7 Å². The third kappa shape index (κ3) is 3.19. The van der Waals surface area contributed by atoms with Gasteiger partial charge in [-0.05, 0) is 36.5 Å². The van der Waals surface area contributed by atoms with Crippen LogP contribution in [0.2, 0.25) is 0 Å². The Morgan fingerprint density at radius 2 is 1.90 bits per heavy atom. The molecule has 0 aliphatic carbocycles. The summed E-state index contributed by atoms with van der Waals surface area (Å²) < 4.78 is 5.72. The van der Waals surface area contributed by atoms with Gasteiger partial charge in [0.2, 0.25) is 10.5 Å². The van der Waals surface area contributed by atoms with Crippen molar-refractivity contribution in [3.63, 3.8) is 0 Å². The van der Waals surface area contributed by atoms with Crippen molar-refractivity contribution < 1.29 is 0 Å². The molecule has 0 radical (unpaired) electrons. The maximum absolute atomic E-state index is 12.7. The molecular formula is C21H20N8OS. The van der Waals surface area contributed by atoms with E-state index in [4.69, 9.17) is 12.2 Å². The SMILES string of the molecule is Cn1c(=O)c2ccccc2n2c(=S)n(CN3CCN(c4ncccc4C#N)CC3)nc12. The third-order valence-electron chi connectivity index (χ3n) is 5.72. The number of para-hydroxylation sites is 1. The maximum Gasteiger partial charge on any atom is 0.262 e. The summed E-state index contributed by atoms with van der Waals surface area (Å²) >= 11 is 5.72. The first-order chi connectivity index (χ1) is 15.1. The highest BCUT2D eigenvalue weighted by Gasteiger charge is 2.21. The number of anilines is 1. The minimum absolute atomic E-state index is 0.0903. The fraction of sp³-hybridized carbons (Fsp3) is 0.286. The largest absolute Gasteiger partial charge is 0.353 e. The number of piperazine rings is 1. The van der Waals surface area contributed by atoms with Crippen LogP contribution in [-0.4, -0.2) is 54.8 Å². The molecule has 0 saturated carbocycles. The van der Waals surface area contributed by atoms with Crippen LogP contribution < -0.4 is 10.5 Å². The summed E-state index contributed by atoms with van der Waals surface area (Å²) in [6.45, 7) is 3.62. The van der Waals surface area contributed by atoms with Gasteiger partial charge in [-0.15, -0.1) is 5.10 Å². The molecule has 0 atom stereocenters. The van der Waals surface area contributed by atoms with E-state index >= 15 is 0 Å². The summed E-state index contributed by atoms with van der Waals surface area (Å²) in [7, 11) is 1.72. The van der Waals surface area contributed by atoms with Crippen LogP contribution in [0, 0.1) is 16.1 Å². The van der Waals surface area contributed by atoms with Gasteiger partial charge >= 0.3 is 0 Å². The van der Waals surface area contributed by atoms with Gasteiger partial charge in [0, 0.05) is 39.4 Å². The molecule has 10 heteroatoms. The van der Waals surface area contributed by atoms with Crippen molar-refractivity contribution in [3.05, 3.63) is 63.3 Å². The molecule has 0 bridgehead atoms. The average Bonchev–Trinajstić information content (AvgIpc) is 3.14. The van der Waals surface area contributed by atoms with Crippen LogP contribution in [0.3, 0.4) is 0 Å². The standard InChI is InChI=1S/C21H20N8OS/c1-25-19(30)16-6-2-3-7-17(16)29-20(25)24-28(21(29)31)14-26-9-11-27(12-10-26)18-15(13-22)5-4-8-23-18/h2-8H,9-12,14H2,1H3. The summed E-state index contributed by atoms with van der Waals surface area (Å²) in [5, 5.41) is 14.6. The van der Waals surface area contributed by atoms with E-state index in [9.17, 15) is 10.1 Å². The number of hydrogen-bond donors (Lipinski definition) is 0. The lowest BCUT2D eigenvalue weighted by Crippen LogP contribution is -2.47. The monoisotopic (exact) mass is 432 g/mol. The van der Waals surface area contributed by atoms with Crippen molar-refractivity contribution in [1.29, 1.82) is 5.26 Å². The lowest BCUT2D eigenvalue weighted by atomic mass is 10.2. The number of aryl methyl sites for hydroxylation is 1. The molecule has 9 nitrogen and oxygen atoms in total. The van der Waals surface area contributed by atoms with E-state index in [-0.39, 0.29) is 5.56 Å². The van der Waals surface area contributed by atoms with Gasteiger partial charge in [-0.2, -0.15) is 5.26 Å². The molecule has 0 spiro atoms. The molecule has 0 N–H and O–H groups in total. The van der Waals surface area contributed by atoms with Crippen LogP contribution in [0.4, 0.5) is 5.82 Å². The van der Waals surface area contributed by atoms with Gasteiger partial charge in [-0.3, -0.25) is 18.7 Å². The van der Waals surface area contributed by atoms with E-state index in [1.165, 1.54) is 4.57 Å². The Morgan fingerprint density at radius 1 is 1.13 bits per heavy atom. The van der Waals surface area contributed by atoms with Gasteiger partial charge in [0.1, 0.15) is 11.9 Å². The number of hydrogen-bond acceptors (Lipinski definition) is 7. The fourth-order valence-electron chi connectivity index (χ4n) is 4.06. The van der Waals surface area contributed by atoms with E-state index in [0.717, 1.165) is 37.5 Å². The second kappa shape index (κ2) is 7.61. The van der Waals surface area contributed by atoms with E-state index in [1.54, 1.807) is 30.1 Å². The first-order valence-electron chi connectivity index (χ1n) is 9.98. The van der Waals surface area contributed by atoms with Gasteiger partial charge in [-0.1, -0.05) is 12.1 Å². The molecule has 1 aliphatic heterocycles. The number of nitriles is 1. The molecule has 0 amide bonds. The Balaban J connectivity index is 1.42. The zero-order valence-electron chi connectivity index (χ0n) is 17.0. The highest BCUT2D eigenvalue weighted by molar-refractivity contribution is 7.71. The predicted molar refractivity (Wildman–Crippen MR) is 120 cm³/mol. The molecule has 156 valence electrons. The number of rotatable bonds is 3. The zero-order chi connectivity index (χ0) is 21.5. The van der Waals surface area contributed by atoms with Crippen LogP contribution in [0.15, 0.2) is 47.4 Å². The van der Waals surface area contributed by atoms with Crippen molar-refractivity contribution >= 4 is 34.7 Å². The molecule has 4 heterocycles. The smallest absolute Gasteiger partial charge is 0.262 e. The van der Waals surface area contributed by atoms with Gasteiger partial charge < -0.3 is 4.90 Å². The Morgan fingerprint density at radius 3 is 2.68 bits per heavy atom. The number of pyridine rings is 1. The molecule has 31 heavy (non-hydrogen) atoms. The molecule has 4 aromatic rings. The molecule has 1 aliphatic rings. The van der Waals surface area contributed by atoms with Gasteiger partial charge in [0.15, 0.2) is 0 Å². The quantitative estimate of drug-likeness (QED) is 0.456. The van der Waals surface area contributed by atoms with E-state index in [2.05, 4.69) is 26.0 Å². The minimum atomic E-state index is -0.0903. The van der Waals surface area contributed by atoms with Crippen LogP contribution in [0.1, 0.15) is 5.56 Å². The topological polar surface area (TPSA) is 87.4 Å². The second-order valence-corrected chi connectivity index (χ2v) is 7.90. The number of fused-ring (bicyclic) bond motifs is 3. The Hall–Kier alpha value is -3.55. The number of benzene rings is 1. The second-order valence-electron chi connectivity index (χ2n) is 7.53. The first-order valence-corrected chi connectivity index (χ1v) is 10.4. The molecule has 1 fully saturated rings. The van der Waals surface area contributed by atoms with Gasteiger partial charge in [0.25, 0.3) is 5.56 Å². The zero-order valence-corrected chi connectivity index (χ0v) is 17.8. The Kier molecular flexibility index (Phi) is 4.77. The summed E-state index contributed by atoms with van der Waals surface area (Å²) in [6, 6.07) is 13.2. The van der Waals surface area contributed by atoms with Crippen LogP contribution >= 0.6 is 12.2 Å². The predicted octanol–water partition coefficient (Wildman–Crippen LogP) is 1.76. The molecule has 5 rings (SSSR count).